The third-order valence-corrected chi connectivity index (χ3v) is 9.27. The van der Waals surface area contributed by atoms with Crippen LogP contribution in [0, 0.1) is 5.82 Å². The molecule has 1 aliphatic carbocycles. The van der Waals surface area contributed by atoms with E-state index in [1.54, 1.807) is 18.1 Å². The Morgan fingerprint density at radius 3 is 2.60 bits per heavy atom. The van der Waals surface area contributed by atoms with Gasteiger partial charge in [0.25, 0.3) is 11.5 Å². The van der Waals surface area contributed by atoms with Gasteiger partial charge < -0.3 is 24.3 Å². The molecule has 0 radical (unpaired) electrons. The molecular formula is C34H37FN6O2. The number of fused-ring (bicyclic) bond motifs is 4. The van der Waals surface area contributed by atoms with Gasteiger partial charge in [0, 0.05) is 56.4 Å². The summed E-state index contributed by atoms with van der Waals surface area (Å²) < 4.78 is 19.0. The van der Waals surface area contributed by atoms with Gasteiger partial charge in [0.05, 0.1) is 11.4 Å². The number of aromatic nitrogens is 3. The largest absolute Gasteiger partial charge is 0.339 e. The normalized spacial score (nSPS) is 16.6. The molecule has 7 rings (SSSR count). The molecule has 0 bridgehead atoms. The fourth-order valence-corrected chi connectivity index (χ4v) is 7.06. The number of aryl methyl sites for hydroxylation is 2. The summed E-state index contributed by atoms with van der Waals surface area (Å²) in [6.07, 6.45) is 7.46. The van der Waals surface area contributed by atoms with Crippen molar-refractivity contribution in [1.82, 2.24) is 19.0 Å². The van der Waals surface area contributed by atoms with Gasteiger partial charge in [0.15, 0.2) is 5.82 Å². The summed E-state index contributed by atoms with van der Waals surface area (Å²) in [5.41, 5.74) is 8.77. The van der Waals surface area contributed by atoms with E-state index in [2.05, 4.69) is 34.0 Å². The maximum atomic E-state index is 15.3. The fourth-order valence-electron chi connectivity index (χ4n) is 7.06. The highest BCUT2D eigenvalue weighted by molar-refractivity contribution is 6.07. The van der Waals surface area contributed by atoms with Gasteiger partial charge in [-0.05, 0) is 98.2 Å². The molecule has 0 saturated carbocycles. The summed E-state index contributed by atoms with van der Waals surface area (Å²) in [5, 5.41) is 3.24. The highest BCUT2D eigenvalue weighted by atomic mass is 19.1. The van der Waals surface area contributed by atoms with Gasteiger partial charge in [-0.3, -0.25) is 9.59 Å². The summed E-state index contributed by atoms with van der Waals surface area (Å²) >= 11 is 0. The molecule has 2 aromatic heterocycles. The smallest absolute Gasteiger partial charge is 0.293 e. The molecule has 0 fully saturated rings. The molecule has 0 atom stereocenters. The average Bonchev–Trinajstić information content (AvgIpc) is 3.39. The van der Waals surface area contributed by atoms with Crippen molar-refractivity contribution in [3.63, 3.8) is 0 Å². The number of rotatable bonds is 5. The molecule has 0 spiro atoms. The highest BCUT2D eigenvalue weighted by Crippen LogP contribution is 2.36. The van der Waals surface area contributed by atoms with Crippen LogP contribution in [0.4, 0.5) is 21.6 Å². The Balaban J connectivity index is 1.26. The van der Waals surface area contributed by atoms with E-state index >= 15 is 4.39 Å². The average molecular weight is 581 g/mol. The van der Waals surface area contributed by atoms with Crippen molar-refractivity contribution in [2.75, 3.05) is 30.4 Å². The van der Waals surface area contributed by atoms with Crippen LogP contribution < -0.4 is 15.8 Å². The second-order valence-electron chi connectivity index (χ2n) is 12.1. The van der Waals surface area contributed by atoms with Crippen molar-refractivity contribution in [3.05, 3.63) is 92.4 Å². The predicted molar refractivity (Wildman–Crippen MR) is 167 cm³/mol. The number of hydrogen-bond acceptors (Lipinski definition) is 5. The van der Waals surface area contributed by atoms with E-state index < -0.39 is 5.82 Å². The number of nitrogens with one attached hydrogen (secondary N) is 1. The Labute approximate surface area is 250 Å². The number of anilines is 3. The van der Waals surface area contributed by atoms with Crippen LogP contribution in [0.3, 0.4) is 0 Å². The number of nitrogens with zero attached hydrogens (tertiary/aromatic N) is 5. The summed E-state index contributed by atoms with van der Waals surface area (Å²) in [4.78, 5) is 35.8. The lowest BCUT2D eigenvalue weighted by molar-refractivity contribution is 0.0964. The molecule has 8 nitrogen and oxygen atoms in total. The number of hydrogen-bond donors (Lipinski definition) is 1. The van der Waals surface area contributed by atoms with E-state index in [9.17, 15) is 9.59 Å². The molecule has 4 heterocycles. The van der Waals surface area contributed by atoms with Crippen LogP contribution in [-0.2, 0) is 45.8 Å². The second kappa shape index (κ2) is 10.8. The molecule has 2 aromatic carbocycles. The standard InChI is InChI=1S/C34H37FN6O2/c1-4-26-27(17-24(35)18-30(26)41-14-13-40-29-8-6-5-7-22(29)16-31(40)33(41)42)28-20-39(3)34(43)32(37-28)36-25-10-9-23-19-38(2)12-11-21(23)15-25/h9-10,15-18,20H,4-8,11-14,19H2,1-3H3,(H,36,37). The molecule has 0 saturated heterocycles. The predicted octanol–water partition coefficient (Wildman–Crippen LogP) is 5.22. The van der Waals surface area contributed by atoms with Crippen LogP contribution in [0.2, 0.25) is 0 Å². The highest BCUT2D eigenvalue weighted by Gasteiger charge is 2.32. The van der Waals surface area contributed by atoms with Crippen LogP contribution in [0.25, 0.3) is 11.3 Å². The van der Waals surface area contributed by atoms with Crippen LogP contribution in [0.15, 0.2) is 47.4 Å². The van der Waals surface area contributed by atoms with Crippen molar-refractivity contribution < 1.29 is 9.18 Å². The van der Waals surface area contributed by atoms with Gasteiger partial charge in [-0.15, -0.1) is 0 Å². The summed E-state index contributed by atoms with van der Waals surface area (Å²) in [6, 6.07) is 11.1. The van der Waals surface area contributed by atoms with Gasteiger partial charge >= 0.3 is 0 Å². The Morgan fingerprint density at radius 2 is 1.77 bits per heavy atom. The molecule has 222 valence electrons. The number of carbonyl (C=O) groups excluding carboxylic acids is 1. The van der Waals surface area contributed by atoms with E-state index in [0.29, 0.717) is 42.1 Å². The molecule has 43 heavy (non-hydrogen) atoms. The van der Waals surface area contributed by atoms with E-state index in [0.717, 1.165) is 56.4 Å². The molecule has 2 aliphatic heterocycles. The molecule has 1 amide bonds. The molecule has 0 unspecified atom stereocenters. The molecule has 3 aliphatic rings. The fraction of sp³-hybridized carbons (Fsp3) is 0.382. The van der Waals surface area contributed by atoms with E-state index in [-0.39, 0.29) is 17.3 Å². The van der Waals surface area contributed by atoms with Gasteiger partial charge in [-0.2, -0.15) is 0 Å². The Kier molecular flexibility index (Phi) is 6.92. The van der Waals surface area contributed by atoms with E-state index in [1.165, 1.54) is 39.1 Å². The summed E-state index contributed by atoms with van der Waals surface area (Å²) in [5.74, 6) is -0.362. The molecule has 9 heteroatoms. The minimum Gasteiger partial charge on any atom is -0.339 e. The second-order valence-corrected chi connectivity index (χ2v) is 12.1. The van der Waals surface area contributed by atoms with Gasteiger partial charge in [-0.1, -0.05) is 13.0 Å². The molecule has 1 N–H and O–H groups in total. The zero-order chi connectivity index (χ0) is 29.8. The Hall–Kier alpha value is -4.24. The third-order valence-electron chi connectivity index (χ3n) is 9.27. The zero-order valence-electron chi connectivity index (χ0n) is 25.0. The lowest BCUT2D eigenvalue weighted by Gasteiger charge is -2.32. The summed E-state index contributed by atoms with van der Waals surface area (Å²) in [6.45, 7) is 5.06. The van der Waals surface area contributed by atoms with Gasteiger partial charge in [0.2, 0.25) is 0 Å². The van der Waals surface area contributed by atoms with Crippen LogP contribution in [-0.4, -0.2) is 45.1 Å². The topological polar surface area (TPSA) is 75.4 Å². The number of halogens is 1. The minimum absolute atomic E-state index is 0.0960. The van der Waals surface area contributed by atoms with Crippen molar-refractivity contribution in [2.45, 2.75) is 58.5 Å². The number of carbonyl (C=O) groups is 1. The first-order valence-corrected chi connectivity index (χ1v) is 15.3. The number of amides is 1. The zero-order valence-corrected chi connectivity index (χ0v) is 25.0. The van der Waals surface area contributed by atoms with Crippen LogP contribution >= 0.6 is 0 Å². The van der Waals surface area contributed by atoms with Crippen LogP contribution in [0.1, 0.15) is 58.2 Å². The van der Waals surface area contributed by atoms with Gasteiger partial charge in [-0.25, -0.2) is 9.37 Å². The number of benzene rings is 2. The molecular weight excluding hydrogens is 543 g/mol. The lowest BCUT2D eigenvalue weighted by atomic mass is 9.98. The minimum atomic E-state index is -0.444. The van der Waals surface area contributed by atoms with Crippen molar-refractivity contribution >= 4 is 23.1 Å². The quantitative estimate of drug-likeness (QED) is 0.350. The van der Waals surface area contributed by atoms with Crippen molar-refractivity contribution in [2.24, 2.45) is 7.05 Å². The van der Waals surface area contributed by atoms with Crippen molar-refractivity contribution in [3.8, 4) is 11.3 Å². The summed E-state index contributed by atoms with van der Waals surface area (Å²) in [7, 11) is 3.79. The van der Waals surface area contributed by atoms with E-state index in [4.69, 9.17) is 4.98 Å². The van der Waals surface area contributed by atoms with Crippen molar-refractivity contribution in [1.29, 1.82) is 0 Å². The third kappa shape index (κ3) is 4.85. The van der Waals surface area contributed by atoms with Crippen LogP contribution in [0.5, 0.6) is 0 Å². The maximum absolute atomic E-state index is 15.3. The first-order valence-electron chi connectivity index (χ1n) is 15.3. The Bertz CT molecular complexity index is 1820. The van der Waals surface area contributed by atoms with Gasteiger partial charge in [0.1, 0.15) is 11.5 Å². The molecule has 4 aromatic rings. The number of likely N-dealkylation sites (N-methyl/N-ethyl adjacent to an activating group) is 1. The lowest BCUT2D eigenvalue weighted by Crippen LogP contribution is -2.41. The SMILES string of the molecule is CCc1c(-c2cn(C)c(=O)c(Nc3ccc4c(c3)CCN(C)C4)n2)cc(F)cc1N1CCn2c(cc3c2CCCC3)C1=O. The monoisotopic (exact) mass is 580 g/mol. The maximum Gasteiger partial charge on any atom is 0.293 e. The first-order chi connectivity index (χ1) is 20.8. The van der Waals surface area contributed by atoms with E-state index in [1.807, 2.05) is 19.1 Å². The first kappa shape index (κ1) is 27.6. The Morgan fingerprint density at radius 1 is 0.930 bits per heavy atom.